The molecule has 1 aromatic heterocycles. The quantitative estimate of drug-likeness (QED) is 0.416. The highest BCUT2D eigenvalue weighted by molar-refractivity contribution is 6.42. The minimum absolute atomic E-state index is 0.130. The molecule has 27 heavy (non-hydrogen) atoms. The maximum Gasteiger partial charge on any atom is 0.331 e. The normalized spacial score (nSPS) is 12.2. The highest BCUT2D eigenvalue weighted by Gasteiger charge is 2.25. The summed E-state index contributed by atoms with van der Waals surface area (Å²) in [5, 5.41) is 0.784. The van der Waals surface area contributed by atoms with Crippen LogP contribution in [0.5, 0.6) is 0 Å². The summed E-state index contributed by atoms with van der Waals surface area (Å²) in [6, 6.07) is 4.92. The fourth-order valence-electron chi connectivity index (χ4n) is 2.78. The van der Waals surface area contributed by atoms with E-state index in [1.165, 1.54) is 26.0 Å². The van der Waals surface area contributed by atoms with Gasteiger partial charge in [-0.1, -0.05) is 29.3 Å². The van der Waals surface area contributed by atoms with E-state index in [0.29, 0.717) is 32.4 Å². The van der Waals surface area contributed by atoms with Gasteiger partial charge in [-0.15, -0.1) is 0 Å². The first-order chi connectivity index (χ1) is 12.6. The number of esters is 1. The van der Waals surface area contributed by atoms with Gasteiger partial charge in [-0.3, -0.25) is 9.59 Å². The van der Waals surface area contributed by atoms with Crippen LogP contribution in [0.25, 0.3) is 6.08 Å². The van der Waals surface area contributed by atoms with Crippen LogP contribution < -0.4 is 0 Å². The molecule has 0 amide bonds. The van der Waals surface area contributed by atoms with Gasteiger partial charge in [0.2, 0.25) is 5.78 Å². The Balaban J connectivity index is 2.09. The molecule has 1 N–H and O–H groups in total. The third-order valence-corrected chi connectivity index (χ3v) is 4.79. The molecule has 1 atom stereocenters. The first-order valence-corrected chi connectivity index (χ1v) is 8.95. The molecule has 0 aliphatic rings. The molecule has 0 saturated carbocycles. The van der Waals surface area contributed by atoms with Gasteiger partial charge in [0, 0.05) is 17.3 Å². The number of hydrogen-bond acceptors (Lipinski definition) is 4. The van der Waals surface area contributed by atoms with Crippen molar-refractivity contribution in [2.75, 3.05) is 0 Å². The monoisotopic (exact) mass is 407 g/mol. The molecule has 5 nitrogen and oxygen atoms in total. The topological polar surface area (TPSA) is 76.2 Å². The number of aromatic amines is 1. The second-order valence-electron chi connectivity index (χ2n) is 6.13. The van der Waals surface area contributed by atoms with Gasteiger partial charge in [0.1, 0.15) is 0 Å². The van der Waals surface area contributed by atoms with Gasteiger partial charge >= 0.3 is 5.97 Å². The fraction of sp³-hybridized carbons (Fsp3) is 0.250. The number of hydrogen-bond donors (Lipinski definition) is 1. The number of halogens is 2. The third-order valence-electron chi connectivity index (χ3n) is 4.05. The molecular formula is C20H19Cl2NO4. The maximum absolute atomic E-state index is 12.6. The molecule has 0 aliphatic heterocycles. The van der Waals surface area contributed by atoms with Crippen LogP contribution in [0, 0.1) is 13.8 Å². The smallest absolute Gasteiger partial charge is 0.331 e. The Bertz CT molecular complexity index is 944. The lowest BCUT2D eigenvalue weighted by atomic mass is 10.0. The average Bonchev–Trinajstić information content (AvgIpc) is 2.89. The van der Waals surface area contributed by atoms with Crippen molar-refractivity contribution in [2.45, 2.75) is 33.8 Å². The first kappa shape index (κ1) is 20.9. The van der Waals surface area contributed by atoms with Crippen LogP contribution >= 0.6 is 23.2 Å². The Labute approximate surface area is 167 Å². The Morgan fingerprint density at radius 1 is 1.15 bits per heavy atom. The minimum atomic E-state index is -1.01. The van der Waals surface area contributed by atoms with Crippen molar-refractivity contribution in [3.63, 3.8) is 0 Å². The zero-order valence-corrected chi connectivity index (χ0v) is 16.9. The lowest BCUT2D eigenvalue weighted by Crippen LogP contribution is -2.24. The van der Waals surface area contributed by atoms with Gasteiger partial charge in [-0.25, -0.2) is 4.79 Å². The standard InChI is InChI=1S/C20H19Cl2NO4/c1-10-18(12(3)24)11(2)23-19(10)20(26)13(4)27-17(25)8-6-14-5-7-15(21)16(22)9-14/h5-9,13,23H,1-4H3/b8-6+/t13-/m1/s1. The van der Waals surface area contributed by atoms with Crippen molar-refractivity contribution in [3.05, 3.63) is 62.4 Å². The van der Waals surface area contributed by atoms with E-state index in [-0.39, 0.29) is 11.5 Å². The number of carbonyl (C=O) groups is 3. The van der Waals surface area contributed by atoms with E-state index in [2.05, 4.69) is 4.98 Å². The minimum Gasteiger partial charge on any atom is -0.451 e. The lowest BCUT2D eigenvalue weighted by molar-refractivity contribution is -0.140. The van der Waals surface area contributed by atoms with Gasteiger partial charge in [-0.05, 0) is 57.0 Å². The molecule has 0 fully saturated rings. The fourth-order valence-corrected chi connectivity index (χ4v) is 3.08. The SMILES string of the molecule is CC(=O)c1c(C)[nH]c(C(=O)[C@@H](C)OC(=O)/C=C/c2ccc(Cl)c(Cl)c2)c1C. The van der Waals surface area contributed by atoms with Crippen molar-refractivity contribution in [1.29, 1.82) is 0 Å². The summed E-state index contributed by atoms with van der Waals surface area (Å²) in [6.07, 6.45) is 1.71. The Morgan fingerprint density at radius 2 is 1.81 bits per heavy atom. The first-order valence-electron chi connectivity index (χ1n) is 8.19. The highest BCUT2D eigenvalue weighted by atomic mass is 35.5. The summed E-state index contributed by atoms with van der Waals surface area (Å²) in [7, 11) is 0. The van der Waals surface area contributed by atoms with E-state index in [1.807, 2.05) is 0 Å². The molecule has 7 heteroatoms. The van der Waals surface area contributed by atoms with Crippen LogP contribution in [-0.4, -0.2) is 28.6 Å². The number of carbonyl (C=O) groups excluding carboxylic acids is 3. The van der Waals surface area contributed by atoms with E-state index in [4.69, 9.17) is 27.9 Å². The molecule has 0 spiro atoms. The number of Topliss-reactive ketones (excluding diaryl/α,β-unsaturated/α-hetero) is 2. The molecule has 2 aromatic rings. The van der Waals surface area contributed by atoms with Crippen molar-refractivity contribution < 1.29 is 19.1 Å². The predicted octanol–water partition coefficient (Wildman–Crippen LogP) is 4.97. The number of aryl methyl sites for hydroxylation is 1. The molecule has 2 rings (SSSR count). The Morgan fingerprint density at radius 3 is 2.37 bits per heavy atom. The number of benzene rings is 1. The van der Waals surface area contributed by atoms with Crippen LogP contribution in [0.15, 0.2) is 24.3 Å². The molecule has 0 unspecified atom stereocenters. The van der Waals surface area contributed by atoms with E-state index in [1.54, 1.807) is 32.0 Å². The highest BCUT2D eigenvalue weighted by Crippen LogP contribution is 2.23. The molecule has 1 aromatic carbocycles. The third kappa shape index (κ3) is 4.87. The molecule has 0 radical (unpaired) electrons. The largest absolute Gasteiger partial charge is 0.451 e. The number of nitrogens with one attached hydrogen (secondary N) is 1. The number of rotatable bonds is 6. The van der Waals surface area contributed by atoms with Gasteiger partial charge < -0.3 is 9.72 Å². The van der Waals surface area contributed by atoms with Crippen molar-refractivity contribution in [3.8, 4) is 0 Å². The zero-order chi connectivity index (χ0) is 20.3. The van der Waals surface area contributed by atoms with E-state index >= 15 is 0 Å². The molecule has 0 aliphatic carbocycles. The summed E-state index contributed by atoms with van der Waals surface area (Å²) >= 11 is 11.8. The summed E-state index contributed by atoms with van der Waals surface area (Å²) in [4.78, 5) is 39.2. The number of ketones is 2. The summed E-state index contributed by atoms with van der Waals surface area (Å²) < 4.78 is 5.17. The van der Waals surface area contributed by atoms with Crippen molar-refractivity contribution in [1.82, 2.24) is 4.98 Å². The number of aromatic nitrogens is 1. The summed E-state index contributed by atoms with van der Waals surface area (Å²) in [6.45, 7) is 6.33. The number of ether oxygens (including phenoxy) is 1. The van der Waals surface area contributed by atoms with Crippen LogP contribution in [-0.2, 0) is 9.53 Å². The summed E-state index contributed by atoms with van der Waals surface area (Å²) in [5.41, 5.74) is 2.59. The molecule has 0 saturated heterocycles. The van der Waals surface area contributed by atoms with Crippen molar-refractivity contribution in [2.24, 2.45) is 0 Å². The van der Waals surface area contributed by atoms with E-state index in [9.17, 15) is 14.4 Å². The maximum atomic E-state index is 12.6. The van der Waals surface area contributed by atoms with Crippen LogP contribution in [0.1, 0.15) is 51.5 Å². The second kappa shape index (κ2) is 8.55. The van der Waals surface area contributed by atoms with Gasteiger partial charge in [0.15, 0.2) is 11.9 Å². The Kier molecular flexibility index (Phi) is 6.63. The molecular weight excluding hydrogens is 389 g/mol. The molecule has 142 valence electrons. The average molecular weight is 408 g/mol. The lowest BCUT2D eigenvalue weighted by Gasteiger charge is -2.10. The number of H-pyrrole nitrogens is 1. The van der Waals surface area contributed by atoms with Gasteiger partial charge in [-0.2, -0.15) is 0 Å². The molecule has 1 heterocycles. The Hall–Kier alpha value is -2.37. The van der Waals surface area contributed by atoms with Gasteiger partial charge in [0.05, 0.1) is 15.7 Å². The van der Waals surface area contributed by atoms with Gasteiger partial charge in [0.25, 0.3) is 0 Å². The predicted molar refractivity (Wildman–Crippen MR) is 106 cm³/mol. The van der Waals surface area contributed by atoms with Crippen LogP contribution in [0.3, 0.4) is 0 Å². The van der Waals surface area contributed by atoms with E-state index in [0.717, 1.165) is 0 Å². The second-order valence-corrected chi connectivity index (χ2v) is 6.95. The van der Waals surface area contributed by atoms with Crippen LogP contribution in [0.4, 0.5) is 0 Å². The van der Waals surface area contributed by atoms with Crippen molar-refractivity contribution >= 4 is 46.8 Å². The zero-order valence-electron chi connectivity index (χ0n) is 15.4. The van der Waals surface area contributed by atoms with Crippen LogP contribution in [0.2, 0.25) is 10.0 Å². The summed E-state index contributed by atoms with van der Waals surface area (Å²) in [5.74, 6) is -1.21. The molecule has 0 bridgehead atoms. The van der Waals surface area contributed by atoms with E-state index < -0.39 is 17.9 Å².